The summed E-state index contributed by atoms with van der Waals surface area (Å²) in [6.45, 7) is 2.91. The number of carboxylic acid groups (broad SMARTS) is 1. The van der Waals surface area contributed by atoms with Crippen LogP contribution in [-0.2, 0) is 9.59 Å². The highest BCUT2D eigenvalue weighted by atomic mass is 35.5. The number of amides is 1. The largest absolute Gasteiger partial charge is 0.481 e. The Bertz CT molecular complexity index is 575. The second-order valence-electron chi connectivity index (χ2n) is 5.28. The van der Waals surface area contributed by atoms with Crippen LogP contribution in [0.2, 0.25) is 5.02 Å². The molecule has 0 saturated carbocycles. The number of rotatable bonds is 3. The minimum absolute atomic E-state index is 0.0875. The van der Waals surface area contributed by atoms with Crippen molar-refractivity contribution in [2.75, 3.05) is 13.1 Å². The molecule has 1 aliphatic rings. The van der Waals surface area contributed by atoms with Gasteiger partial charge in [-0.05, 0) is 43.0 Å². The smallest absolute Gasteiger partial charge is 0.306 e. The minimum Gasteiger partial charge on any atom is -0.481 e. The zero-order valence-corrected chi connectivity index (χ0v) is 12.6. The van der Waals surface area contributed by atoms with Gasteiger partial charge in [0.25, 0.3) is 0 Å². The van der Waals surface area contributed by atoms with E-state index in [9.17, 15) is 9.59 Å². The summed E-state index contributed by atoms with van der Waals surface area (Å²) in [4.78, 5) is 24.6. The molecule has 21 heavy (non-hydrogen) atoms. The van der Waals surface area contributed by atoms with Gasteiger partial charge in [0.05, 0.1) is 5.92 Å². The van der Waals surface area contributed by atoms with Gasteiger partial charge < -0.3 is 10.0 Å². The molecule has 112 valence electrons. The lowest BCUT2D eigenvalue weighted by Gasteiger charge is -2.29. The van der Waals surface area contributed by atoms with Crippen molar-refractivity contribution in [2.24, 2.45) is 5.92 Å². The fourth-order valence-corrected chi connectivity index (χ4v) is 2.52. The van der Waals surface area contributed by atoms with Gasteiger partial charge in [-0.15, -0.1) is 0 Å². The molecule has 1 aromatic rings. The molecule has 5 heteroatoms. The van der Waals surface area contributed by atoms with E-state index in [4.69, 9.17) is 16.7 Å². The normalized spacial score (nSPS) is 16.4. The predicted molar refractivity (Wildman–Crippen MR) is 82.2 cm³/mol. The Morgan fingerprint density at radius 2 is 2.00 bits per heavy atom. The van der Waals surface area contributed by atoms with Crippen LogP contribution in [0.5, 0.6) is 0 Å². The first-order valence-electron chi connectivity index (χ1n) is 6.93. The summed E-state index contributed by atoms with van der Waals surface area (Å²) < 4.78 is 0. The van der Waals surface area contributed by atoms with E-state index in [1.807, 2.05) is 25.1 Å². The van der Waals surface area contributed by atoms with Gasteiger partial charge in [-0.25, -0.2) is 0 Å². The van der Waals surface area contributed by atoms with Crippen molar-refractivity contribution in [1.82, 2.24) is 4.90 Å². The first kappa shape index (κ1) is 15.6. The maximum Gasteiger partial charge on any atom is 0.306 e. The van der Waals surface area contributed by atoms with Gasteiger partial charge in [-0.3, -0.25) is 9.59 Å². The molecule has 1 aromatic carbocycles. The third-order valence-electron chi connectivity index (χ3n) is 3.77. The fraction of sp³-hybridized carbons (Fsp3) is 0.375. The van der Waals surface area contributed by atoms with Crippen LogP contribution >= 0.6 is 11.6 Å². The van der Waals surface area contributed by atoms with Crippen molar-refractivity contribution in [3.8, 4) is 0 Å². The van der Waals surface area contributed by atoms with Crippen molar-refractivity contribution in [3.05, 3.63) is 40.4 Å². The average molecular weight is 308 g/mol. The van der Waals surface area contributed by atoms with Gasteiger partial charge in [0, 0.05) is 24.2 Å². The topological polar surface area (TPSA) is 57.6 Å². The van der Waals surface area contributed by atoms with Gasteiger partial charge in [0.15, 0.2) is 0 Å². The highest BCUT2D eigenvalue weighted by Crippen LogP contribution is 2.19. The Hall–Kier alpha value is -1.81. The molecular weight excluding hydrogens is 290 g/mol. The molecule has 2 rings (SSSR count). The van der Waals surface area contributed by atoms with Gasteiger partial charge in [0.1, 0.15) is 0 Å². The zero-order chi connectivity index (χ0) is 15.4. The number of aryl methyl sites for hydroxylation is 1. The van der Waals surface area contributed by atoms with E-state index < -0.39 is 5.97 Å². The molecule has 0 atom stereocenters. The second-order valence-corrected chi connectivity index (χ2v) is 5.69. The molecule has 1 amide bonds. The Morgan fingerprint density at radius 3 is 2.57 bits per heavy atom. The number of carboxylic acids is 1. The quantitative estimate of drug-likeness (QED) is 0.873. The molecule has 1 fully saturated rings. The molecule has 0 bridgehead atoms. The van der Waals surface area contributed by atoms with Crippen LogP contribution in [0, 0.1) is 12.8 Å². The van der Waals surface area contributed by atoms with Gasteiger partial charge in [0.2, 0.25) is 5.91 Å². The first-order chi connectivity index (χ1) is 9.97. The number of benzene rings is 1. The summed E-state index contributed by atoms with van der Waals surface area (Å²) in [6, 6.07) is 5.63. The first-order valence-corrected chi connectivity index (χ1v) is 7.31. The van der Waals surface area contributed by atoms with Crippen LogP contribution in [0.3, 0.4) is 0 Å². The number of carbonyl (C=O) groups excluding carboxylic acids is 1. The number of piperidine rings is 1. The Balaban J connectivity index is 1.94. The van der Waals surface area contributed by atoms with E-state index in [1.54, 1.807) is 11.0 Å². The number of hydrogen-bond donors (Lipinski definition) is 1. The van der Waals surface area contributed by atoms with E-state index in [2.05, 4.69) is 0 Å². The lowest BCUT2D eigenvalue weighted by Crippen LogP contribution is -2.39. The lowest BCUT2D eigenvalue weighted by molar-refractivity contribution is -0.144. The molecule has 1 heterocycles. The number of carbonyl (C=O) groups is 2. The van der Waals surface area contributed by atoms with Crippen molar-refractivity contribution < 1.29 is 14.7 Å². The van der Waals surface area contributed by atoms with Crippen LogP contribution in [0.25, 0.3) is 6.08 Å². The highest BCUT2D eigenvalue weighted by molar-refractivity contribution is 6.31. The molecule has 0 spiro atoms. The van der Waals surface area contributed by atoms with Gasteiger partial charge in [-0.2, -0.15) is 0 Å². The van der Waals surface area contributed by atoms with E-state index in [0.717, 1.165) is 11.1 Å². The summed E-state index contributed by atoms with van der Waals surface area (Å²) in [6.07, 6.45) is 4.29. The lowest BCUT2D eigenvalue weighted by atomic mass is 9.97. The SMILES string of the molecule is Cc1ccc(C=CC(=O)N2CCC(C(=O)O)CC2)cc1Cl. The molecule has 0 radical (unpaired) electrons. The summed E-state index contributed by atoms with van der Waals surface area (Å²) in [5.41, 5.74) is 1.87. The molecular formula is C16H18ClNO3. The van der Waals surface area contributed by atoms with Crippen LogP contribution in [0.15, 0.2) is 24.3 Å². The maximum absolute atomic E-state index is 12.1. The van der Waals surface area contributed by atoms with Crippen LogP contribution in [0.4, 0.5) is 0 Å². The number of nitrogens with zero attached hydrogens (tertiary/aromatic N) is 1. The van der Waals surface area contributed by atoms with Crippen molar-refractivity contribution in [1.29, 1.82) is 0 Å². The maximum atomic E-state index is 12.1. The number of hydrogen-bond acceptors (Lipinski definition) is 2. The summed E-state index contributed by atoms with van der Waals surface area (Å²) in [5.74, 6) is -1.18. The monoisotopic (exact) mass is 307 g/mol. The van der Waals surface area contributed by atoms with Gasteiger partial charge >= 0.3 is 5.97 Å². The summed E-state index contributed by atoms with van der Waals surface area (Å²) in [7, 11) is 0. The van der Waals surface area contributed by atoms with Crippen LogP contribution < -0.4 is 0 Å². The second kappa shape index (κ2) is 6.76. The number of likely N-dealkylation sites (tertiary alicyclic amines) is 1. The average Bonchev–Trinajstić information content (AvgIpc) is 2.48. The molecule has 4 nitrogen and oxygen atoms in total. The molecule has 1 saturated heterocycles. The number of halogens is 1. The van der Waals surface area contributed by atoms with E-state index in [-0.39, 0.29) is 11.8 Å². The van der Waals surface area contributed by atoms with Crippen molar-refractivity contribution in [3.63, 3.8) is 0 Å². The van der Waals surface area contributed by atoms with E-state index in [1.165, 1.54) is 6.08 Å². The predicted octanol–water partition coefficient (Wildman–Crippen LogP) is 2.98. The zero-order valence-electron chi connectivity index (χ0n) is 11.9. The fourth-order valence-electron chi connectivity index (χ4n) is 2.33. The highest BCUT2D eigenvalue weighted by Gasteiger charge is 2.25. The van der Waals surface area contributed by atoms with Gasteiger partial charge in [-0.1, -0.05) is 23.7 Å². The Labute approximate surface area is 129 Å². The van der Waals surface area contributed by atoms with Crippen LogP contribution in [0.1, 0.15) is 24.0 Å². The Morgan fingerprint density at radius 1 is 1.33 bits per heavy atom. The van der Waals surface area contributed by atoms with E-state index in [0.29, 0.717) is 31.0 Å². The molecule has 0 aromatic heterocycles. The molecule has 0 unspecified atom stereocenters. The third kappa shape index (κ3) is 4.08. The third-order valence-corrected chi connectivity index (χ3v) is 4.18. The summed E-state index contributed by atoms with van der Waals surface area (Å²) >= 11 is 6.04. The van der Waals surface area contributed by atoms with Crippen molar-refractivity contribution >= 4 is 29.6 Å². The number of aliphatic carboxylic acids is 1. The minimum atomic E-state index is -0.771. The molecule has 1 N–H and O–H groups in total. The molecule has 0 aliphatic carbocycles. The van der Waals surface area contributed by atoms with Crippen LogP contribution in [-0.4, -0.2) is 35.0 Å². The van der Waals surface area contributed by atoms with Crippen molar-refractivity contribution in [2.45, 2.75) is 19.8 Å². The van der Waals surface area contributed by atoms with E-state index >= 15 is 0 Å². The Kier molecular flexibility index (Phi) is 5.02. The summed E-state index contributed by atoms with van der Waals surface area (Å²) in [5, 5.41) is 9.61. The standard InChI is InChI=1S/C16H18ClNO3/c1-11-2-3-12(10-14(11)17)4-5-15(19)18-8-6-13(7-9-18)16(20)21/h2-5,10,13H,6-9H2,1H3,(H,20,21). The molecule has 1 aliphatic heterocycles.